The number of ether oxygens (including phenoxy) is 1. The van der Waals surface area contributed by atoms with Crippen LogP contribution in [0.2, 0.25) is 0 Å². The Bertz CT molecular complexity index is 294. The van der Waals surface area contributed by atoms with Crippen LogP contribution in [0.25, 0.3) is 0 Å². The van der Waals surface area contributed by atoms with Gasteiger partial charge >= 0.3 is 0 Å². The third kappa shape index (κ3) is 3.53. The molecular weight excluding hydrogens is 192 g/mol. The number of nitrogens with one attached hydrogen (secondary N) is 1. The Morgan fingerprint density at radius 1 is 1.67 bits per heavy atom. The van der Waals surface area contributed by atoms with Gasteiger partial charge < -0.3 is 15.8 Å². The minimum atomic E-state index is 0.131. The minimum absolute atomic E-state index is 0.131. The summed E-state index contributed by atoms with van der Waals surface area (Å²) < 4.78 is 7.02. The van der Waals surface area contributed by atoms with Crippen LogP contribution in [-0.4, -0.2) is 36.1 Å². The lowest BCUT2D eigenvalue weighted by molar-refractivity contribution is 0.105. The number of methoxy groups -OCH3 is 1. The Balaban J connectivity index is 2.34. The van der Waals surface area contributed by atoms with Crippen molar-refractivity contribution >= 4 is 5.82 Å². The van der Waals surface area contributed by atoms with Crippen LogP contribution in [0.15, 0.2) is 6.07 Å². The molecule has 0 aliphatic rings. The topological polar surface area (TPSA) is 65.1 Å². The first-order valence-corrected chi connectivity index (χ1v) is 5.14. The summed E-state index contributed by atoms with van der Waals surface area (Å²) in [5.41, 5.74) is 6.54. The van der Waals surface area contributed by atoms with E-state index in [1.807, 2.05) is 24.7 Å². The Kier molecular flexibility index (Phi) is 4.58. The van der Waals surface area contributed by atoms with Gasteiger partial charge in [0.15, 0.2) is 0 Å². The molecule has 1 unspecified atom stereocenters. The molecule has 3 N–H and O–H groups in total. The number of hydrogen-bond acceptors (Lipinski definition) is 4. The van der Waals surface area contributed by atoms with Gasteiger partial charge in [-0.3, -0.25) is 4.68 Å². The van der Waals surface area contributed by atoms with Crippen LogP contribution in [0, 0.1) is 6.92 Å². The molecule has 5 nitrogen and oxygen atoms in total. The van der Waals surface area contributed by atoms with Crippen molar-refractivity contribution < 1.29 is 4.74 Å². The summed E-state index contributed by atoms with van der Waals surface area (Å²) >= 11 is 0. The molecule has 0 spiro atoms. The summed E-state index contributed by atoms with van der Waals surface area (Å²) in [6, 6.07) is 2.02. The van der Waals surface area contributed by atoms with Gasteiger partial charge in [0, 0.05) is 33.3 Å². The molecule has 0 saturated carbocycles. The van der Waals surface area contributed by atoms with Gasteiger partial charge in [0.1, 0.15) is 5.82 Å². The zero-order chi connectivity index (χ0) is 11.3. The van der Waals surface area contributed by atoms with Crippen LogP contribution >= 0.6 is 0 Å². The predicted octanol–water partition coefficient (Wildman–Crippen LogP) is 0.504. The fourth-order valence-electron chi connectivity index (χ4n) is 1.47. The van der Waals surface area contributed by atoms with E-state index in [-0.39, 0.29) is 6.10 Å². The fourth-order valence-corrected chi connectivity index (χ4v) is 1.47. The van der Waals surface area contributed by atoms with E-state index in [1.165, 1.54) is 0 Å². The smallest absolute Gasteiger partial charge is 0.124 e. The van der Waals surface area contributed by atoms with Crippen molar-refractivity contribution in [3.05, 3.63) is 11.8 Å². The zero-order valence-electron chi connectivity index (χ0n) is 9.66. The molecule has 0 fully saturated rings. The summed E-state index contributed by atoms with van der Waals surface area (Å²) in [4.78, 5) is 0. The van der Waals surface area contributed by atoms with Crippen LogP contribution in [-0.2, 0) is 11.8 Å². The van der Waals surface area contributed by atoms with Crippen molar-refractivity contribution in [3.8, 4) is 0 Å². The third-order valence-corrected chi connectivity index (χ3v) is 2.37. The van der Waals surface area contributed by atoms with Crippen molar-refractivity contribution in [1.29, 1.82) is 0 Å². The lowest BCUT2D eigenvalue weighted by atomic mass is 10.2. The molecule has 5 heteroatoms. The molecular formula is C10H20N4O. The highest BCUT2D eigenvalue weighted by atomic mass is 16.5. The Hall–Kier alpha value is -1.07. The van der Waals surface area contributed by atoms with Crippen molar-refractivity contribution in [3.63, 3.8) is 0 Å². The maximum absolute atomic E-state index is 5.53. The zero-order valence-corrected chi connectivity index (χ0v) is 9.66. The van der Waals surface area contributed by atoms with Crippen molar-refractivity contribution in [2.24, 2.45) is 12.8 Å². The number of aryl methyl sites for hydroxylation is 2. The monoisotopic (exact) mass is 212 g/mol. The average molecular weight is 212 g/mol. The molecule has 1 rings (SSSR count). The standard InChI is InChI=1S/C10H20N4O/c1-8-6-10(14(2)13-8)12-5-4-9(7-11)15-3/h6,9,12H,4-5,7,11H2,1-3H3. The first kappa shape index (κ1) is 12.0. The summed E-state index contributed by atoms with van der Waals surface area (Å²) in [5.74, 6) is 1.03. The van der Waals surface area contributed by atoms with Gasteiger partial charge in [-0.2, -0.15) is 5.10 Å². The van der Waals surface area contributed by atoms with Gasteiger partial charge in [-0.1, -0.05) is 0 Å². The summed E-state index contributed by atoms with van der Waals surface area (Å²) in [6.07, 6.45) is 1.03. The molecule has 1 aromatic heterocycles. The number of anilines is 1. The first-order chi connectivity index (χ1) is 7.17. The van der Waals surface area contributed by atoms with Gasteiger partial charge in [-0.25, -0.2) is 0 Å². The number of aromatic nitrogens is 2. The number of nitrogens with two attached hydrogens (primary N) is 1. The first-order valence-electron chi connectivity index (χ1n) is 5.14. The molecule has 0 aliphatic heterocycles. The van der Waals surface area contributed by atoms with E-state index in [4.69, 9.17) is 10.5 Å². The summed E-state index contributed by atoms with van der Waals surface area (Å²) in [7, 11) is 3.61. The predicted molar refractivity (Wildman–Crippen MR) is 60.9 cm³/mol. The van der Waals surface area contributed by atoms with Crippen LogP contribution < -0.4 is 11.1 Å². The Morgan fingerprint density at radius 3 is 2.87 bits per heavy atom. The second-order valence-electron chi connectivity index (χ2n) is 3.60. The molecule has 86 valence electrons. The SMILES string of the molecule is COC(CN)CCNc1cc(C)nn1C. The maximum Gasteiger partial charge on any atom is 0.124 e. The Labute approximate surface area is 90.6 Å². The lowest BCUT2D eigenvalue weighted by Gasteiger charge is -2.13. The molecule has 0 aromatic carbocycles. The molecule has 0 saturated heterocycles. The highest BCUT2D eigenvalue weighted by molar-refractivity contribution is 5.36. The largest absolute Gasteiger partial charge is 0.380 e. The average Bonchev–Trinajstić information content (AvgIpc) is 2.52. The van der Waals surface area contributed by atoms with Crippen LogP contribution in [0.3, 0.4) is 0 Å². The van der Waals surface area contributed by atoms with Crippen LogP contribution in [0.4, 0.5) is 5.82 Å². The van der Waals surface area contributed by atoms with Crippen LogP contribution in [0.5, 0.6) is 0 Å². The van der Waals surface area contributed by atoms with E-state index >= 15 is 0 Å². The highest BCUT2D eigenvalue weighted by Gasteiger charge is 2.05. The molecule has 0 radical (unpaired) electrons. The molecule has 1 atom stereocenters. The third-order valence-electron chi connectivity index (χ3n) is 2.37. The second-order valence-corrected chi connectivity index (χ2v) is 3.60. The molecule has 0 bridgehead atoms. The molecule has 15 heavy (non-hydrogen) atoms. The van der Waals surface area contributed by atoms with Crippen LogP contribution in [0.1, 0.15) is 12.1 Å². The normalized spacial score (nSPS) is 12.8. The van der Waals surface area contributed by atoms with E-state index < -0.39 is 0 Å². The van der Waals surface area contributed by atoms with E-state index in [9.17, 15) is 0 Å². The molecule has 1 heterocycles. The summed E-state index contributed by atoms with van der Waals surface area (Å²) in [6.45, 7) is 3.38. The van der Waals surface area contributed by atoms with Gasteiger partial charge in [0.2, 0.25) is 0 Å². The van der Waals surface area contributed by atoms with E-state index in [0.29, 0.717) is 6.54 Å². The van der Waals surface area contributed by atoms with E-state index in [0.717, 1.165) is 24.5 Å². The molecule has 0 aliphatic carbocycles. The van der Waals surface area contributed by atoms with Gasteiger partial charge in [-0.15, -0.1) is 0 Å². The highest BCUT2D eigenvalue weighted by Crippen LogP contribution is 2.08. The Morgan fingerprint density at radius 2 is 2.40 bits per heavy atom. The quantitative estimate of drug-likeness (QED) is 0.721. The van der Waals surface area contributed by atoms with Crippen molar-refractivity contribution in [2.45, 2.75) is 19.4 Å². The second kappa shape index (κ2) is 5.72. The number of nitrogens with zero attached hydrogens (tertiary/aromatic N) is 2. The van der Waals surface area contributed by atoms with Crippen molar-refractivity contribution in [2.75, 3.05) is 25.5 Å². The molecule has 0 amide bonds. The maximum atomic E-state index is 5.53. The lowest BCUT2D eigenvalue weighted by Crippen LogP contribution is -2.25. The van der Waals surface area contributed by atoms with E-state index in [2.05, 4.69) is 10.4 Å². The number of rotatable bonds is 6. The fraction of sp³-hybridized carbons (Fsp3) is 0.700. The van der Waals surface area contributed by atoms with Gasteiger partial charge in [-0.05, 0) is 13.3 Å². The van der Waals surface area contributed by atoms with Gasteiger partial charge in [0.05, 0.1) is 11.8 Å². The minimum Gasteiger partial charge on any atom is -0.380 e. The van der Waals surface area contributed by atoms with Gasteiger partial charge in [0.25, 0.3) is 0 Å². The molecule has 1 aromatic rings. The summed E-state index contributed by atoms with van der Waals surface area (Å²) in [5, 5.41) is 7.55. The van der Waals surface area contributed by atoms with Crippen molar-refractivity contribution in [1.82, 2.24) is 9.78 Å². The van der Waals surface area contributed by atoms with E-state index in [1.54, 1.807) is 7.11 Å². The number of hydrogen-bond donors (Lipinski definition) is 2.